The Labute approximate surface area is 104 Å². The second-order valence-corrected chi connectivity index (χ2v) is 6.24. The number of carbonyl (C=O) groups excluding carboxylic acids is 1. The summed E-state index contributed by atoms with van der Waals surface area (Å²) in [5, 5.41) is 3.20. The molecule has 0 bridgehead atoms. The van der Waals surface area contributed by atoms with Gasteiger partial charge in [-0.05, 0) is 49.9 Å². The van der Waals surface area contributed by atoms with Gasteiger partial charge in [0.05, 0.1) is 0 Å². The van der Waals surface area contributed by atoms with Crippen molar-refractivity contribution in [3.63, 3.8) is 0 Å². The first-order chi connectivity index (χ1) is 8.25. The maximum absolute atomic E-state index is 12.1. The van der Waals surface area contributed by atoms with E-state index in [2.05, 4.69) is 17.1 Å². The normalized spacial score (nSPS) is 34.3. The summed E-state index contributed by atoms with van der Waals surface area (Å²) in [5.74, 6) is 0.934. The molecule has 0 heterocycles. The molecule has 0 aromatic carbocycles. The number of hydrogen-bond donors (Lipinski definition) is 1. The second-order valence-electron chi connectivity index (χ2n) is 6.24. The standard InChI is InChI=1S/C14H24N2O/c1-2-8-16(12-5-6-12)13(17)15-10-14-7-3-4-11(14)9-14/h11-12H,2-10H2,1H3,(H,15,17). The minimum absolute atomic E-state index is 0.196. The van der Waals surface area contributed by atoms with Crippen LogP contribution in [0, 0.1) is 11.3 Å². The van der Waals surface area contributed by atoms with Crippen molar-refractivity contribution < 1.29 is 4.79 Å². The Hall–Kier alpha value is -0.730. The molecule has 1 N–H and O–H groups in total. The van der Waals surface area contributed by atoms with Crippen molar-refractivity contribution in [3.05, 3.63) is 0 Å². The number of nitrogens with one attached hydrogen (secondary N) is 1. The number of urea groups is 1. The summed E-state index contributed by atoms with van der Waals surface area (Å²) in [4.78, 5) is 14.2. The average Bonchev–Trinajstić information content (AvgIpc) is 3.24. The second kappa shape index (κ2) is 4.18. The van der Waals surface area contributed by atoms with Crippen molar-refractivity contribution in [1.82, 2.24) is 10.2 Å². The topological polar surface area (TPSA) is 32.3 Å². The van der Waals surface area contributed by atoms with Crippen LogP contribution < -0.4 is 5.32 Å². The summed E-state index contributed by atoms with van der Waals surface area (Å²) in [6.45, 7) is 4.01. The van der Waals surface area contributed by atoms with Crippen LogP contribution in [0.5, 0.6) is 0 Å². The van der Waals surface area contributed by atoms with E-state index in [-0.39, 0.29) is 6.03 Å². The molecule has 96 valence electrons. The molecule has 0 spiro atoms. The summed E-state index contributed by atoms with van der Waals surface area (Å²) in [7, 11) is 0. The molecule has 2 atom stereocenters. The maximum Gasteiger partial charge on any atom is 0.317 e. The van der Waals surface area contributed by atoms with Crippen LogP contribution in [-0.4, -0.2) is 30.1 Å². The molecule has 3 heteroatoms. The first-order valence-electron chi connectivity index (χ1n) is 7.30. The molecule has 3 aliphatic carbocycles. The minimum Gasteiger partial charge on any atom is -0.337 e. The van der Waals surface area contributed by atoms with Crippen LogP contribution in [0.2, 0.25) is 0 Å². The third-order valence-electron chi connectivity index (χ3n) is 4.89. The molecule has 17 heavy (non-hydrogen) atoms. The van der Waals surface area contributed by atoms with Crippen LogP contribution in [0.15, 0.2) is 0 Å². The van der Waals surface area contributed by atoms with Crippen LogP contribution in [0.1, 0.15) is 51.9 Å². The molecule has 2 amide bonds. The summed E-state index contributed by atoms with van der Waals surface area (Å²) >= 11 is 0. The highest BCUT2D eigenvalue weighted by Crippen LogP contribution is 2.63. The number of nitrogens with zero attached hydrogens (tertiary/aromatic N) is 1. The van der Waals surface area contributed by atoms with E-state index in [9.17, 15) is 4.79 Å². The Bertz CT molecular complexity index is 313. The Morgan fingerprint density at radius 2 is 2.24 bits per heavy atom. The summed E-state index contributed by atoms with van der Waals surface area (Å²) in [6, 6.07) is 0.743. The molecule has 3 rings (SSSR count). The van der Waals surface area contributed by atoms with E-state index < -0.39 is 0 Å². The third kappa shape index (κ3) is 2.16. The van der Waals surface area contributed by atoms with Gasteiger partial charge in [-0.2, -0.15) is 0 Å². The Kier molecular flexibility index (Phi) is 2.80. The zero-order chi connectivity index (χ0) is 11.9. The number of amides is 2. The number of fused-ring (bicyclic) bond motifs is 1. The molecule has 0 radical (unpaired) electrons. The molecule has 0 aromatic rings. The average molecular weight is 236 g/mol. The van der Waals surface area contributed by atoms with Crippen molar-refractivity contribution in [2.75, 3.05) is 13.1 Å². The molecular weight excluding hydrogens is 212 g/mol. The lowest BCUT2D eigenvalue weighted by molar-refractivity contribution is 0.192. The zero-order valence-corrected chi connectivity index (χ0v) is 10.9. The maximum atomic E-state index is 12.1. The fourth-order valence-electron chi connectivity index (χ4n) is 3.58. The van der Waals surface area contributed by atoms with Gasteiger partial charge in [0.25, 0.3) is 0 Å². The van der Waals surface area contributed by atoms with E-state index in [4.69, 9.17) is 0 Å². The van der Waals surface area contributed by atoms with Gasteiger partial charge in [0, 0.05) is 19.1 Å². The third-order valence-corrected chi connectivity index (χ3v) is 4.89. The van der Waals surface area contributed by atoms with Gasteiger partial charge < -0.3 is 10.2 Å². The molecule has 0 aromatic heterocycles. The van der Waals surface area contributed by atoms with Gasteiger partial charge >= 0.3 is 6.03 Å². The van der Waals surface area contributed by atoms with Crippen molar-refractivity contribution in [1.29, 1.82) is 0 Å². The van der Waals surface area contributed by atoms with Gasteiger partial charge in [-0.3, -0.25) is 0 Å². The van der Waals surface area contributed by atoms with Crippen molar-refractivity contribution in [2.45, 2.75) is 57.9 Å². The van der Waals surface area contributed by atoms with Gasteiger partial charge in [0.15, 0.2) is 0 Å². The Balaban J connectivity index is 1.48. The fourth-order valence-corrected chi connectivity index (χ4v) is 3.58. The molecule has 2 unspecified atom stereocenters. The predicted octanol–water partition coefficient (Wildman–Crippen LogP) is 2.76. The molecule has 3 saturated carbocycles. The summed E-state index contributed by atoms with van der Waals surface area (Å²) in [6.07, 6.45) is 8.97. The fraction of sp³-hybridized carbons (Fsp3) is 0.929. The van der Waals surface area contributed by atoms with Gasteiger partial charge in [0.1, 0.15) is 0 Å². The van der Waals surface area contributed by atoms with E-state index in [1.165, 1.54) is 38.5 Å². The number of rotatable bonds is 5. The first kappa shape index (κ1) is 11.4. The summed E-state index contributed by atoms with van der Waals surface area (Å²) < 4.78 is 0. The highest BCUT2D eigenvalue weighted by molar-refractivity contribution is 5.75. The predicted molar refractivity (Wildman–Crippen MR) is 67.8 cm³/mol. The lowest BCUT2D eigenvalue weighted by Gasteiger charge is -2.23. The van der Waals surface area contributed by atoms with Gasteiger partial charge in [-0.1, -0.05) is 13.3 Å². The van der Waals surface area contributed by atoms with Gasteiger partial charge in [0.2, 0.25) is 0 Å². The van der Waals surface area contributed by atoms with Crippen LogP contribution in [-0.2, 0) is 0 Å². The monoisotopic (exact) mass is 236 g/mol. The molecule has 3 aliphatic rings. The van der Waals surface area contributed by atoms with Crippen LogP contribution in [0.3, 0.4) is 0 Å². The van der Waals surface area contributed by atoms with E-state index in [0.717, 1.165) is 25.4 Å². The molecule has 3 nitrogen and oxygen atoms in total. The lowest BCUT2D eigenvalue weighted by atomic mass is 10.0. The quantitative estimate of drug-likeness (QED) is 0.782. The first-order valence-corrected chi connectivity index (χ1v) is 7.30. The number of carbonyl (C=O) groups is 1. The van der Waals surface area contributed by atoms with Crippen LogP contribution in [0.25, 0.3) is 0 Å². The van der Waals surface area contributed by atoms with E-state index >= 15 is 0 Å². The van der Waals surface area contributed by atoms with Crippen LogP contribution >= 0.6 is 0 Å². The highest BCUT2D eigenvalue weighted by atomic mass is 16.2. The Morgan fingerprint density at radius 3 is 2.76 bits per heavy atom. The molecule has 0 aliphatic heterocycles. The smallest absolute Gasteiger partial charge is 0.317 e. The molecule has 0 saturated heterocycles. The largest absolute Gasteiger partial charge is 0.337 e. The van der Waals surface area contributed by atoms with Gasteiger partial charge in [-0.25, -0.2) is 4.79 Å². The van der Waals surface area contributed by atoms with E-state index in [1.54, 1.807) is 0 Å². The lowest BCUT2D eigenvalue weighted by Crippen LogP contribution is -2.43. The highest BCUT2D eigenvalue weighted by Gasteiger charge is 2.56. The molecular formula is C14H24N2O. The molecule has 3 fully saturated rings. The van der Waals surface area contributed by atoms with Crippen molar-refractivity contribution in [2.24, 2.45) is 11.3 Å². The Morgan fingerprint density at radius 1 is 1.41 bits per heavy atom. The van der Waals surface area contributed by atoms with Gasteiger partial charge in [-0.15, -0.1) is 0 Å². The number of hydrogen-bond acceptors (Lipinski definition) is 1. The SMILES string of the molecule is CCCN(C(=O)NCC12CCCC1C2)C1CC1. The van der Waals surface area contributed by atoms with E-state index in [1.807, 2.05) is 0 Å². The van der Waals surface area contributed by atoms with E-state index in [0.29, 0.717) is 11.5 Å². The van der Waals surface area contributed by atoms with Crippen LogP contribution in [0.4, 0.5) is 4.79 Å². The van der Waals surface area contributed by atoms with Crippen molar-refractivity contribution in [3.8, 4) is 0 Å². The van der Waals surface area contributed by atoms with Crippen molar-refractivity contribution >= 4 is 6.03 Å². The summed E-state index contributed by atoms with van der Waals surface area (Å²) in [5.41, 5.74) is 0.525. The zero-order valence-electron chi connectivity index (χ0n) is 10.9. The minimum atomic E-state index is 0.196.